The van der Waals surface area contributed by atoms with Gasteiger partial charge in [-0.3, -0.25) is 9.67 Å². The van der Waals surface area contributed by atoms with Crippen molar-refractivity contribution < 1.29 is 0 Å². The van der Waals surface area contributed by atoms with Crippen LogP contribution in [0.4, 0.5) is 0 Å². The highest BCUT2D eigenvalue weighted by molar-refractivity contribution is 7.71. The van der Waals surface area contributed by atoms with Gasteiger partial charge in [0.25, 0.3) is 0 Å². The molecule has 0 aliphatic rings. The Kier molecular flexibility index (Phi) is 2.63. The zero-order valence-electron chi connectivity index (χ0n) is 8.41. The molecular formula is C10H10ClN3S. The van der Waals surface area contributed by atoms with E-state index in [1.807, 2.05) is 36.6 Å². The number of benzene rings is 1. The Morgan fingerprint density at radius 2 is 2.13 bits per heavy atom. The molecule has 5 heteroatoms. The van der Waals surface area contributed by atoms with E-state index >= 15 is 0 Å². The molecule has 3 nitrogen and oxygen atoms in total. The monoisotopic (exact) mass is 239 g/mol. The first-order valence-corrected chi connectivity index (χ1v) is 5.29. The van der Waals surface area contributed by atoms with E-state index in [1.165, 1.54) is 0 Å². The molecule has 0 atom stereocenters. The third-order valence-corrected chi connectivity index (χ3v) is 2.76. The largest absolute Gasteiger partial charge is 0.271 e. The van der Waals surface area contributed by atoms with Crippen molar-refractivity contribution in [3.05, 3.63) is 39.4 Å². The third-order valence-electron chi connectivity index (χ3n) is 2.18. The first-order chi connectivity index (χ1) is 7.09. The molecule has 0 saturated heterocycles. The van der Waals surface area contributed by atoms with Crippen molar-refractivity contribution in [2.24, 2.45) is 0 Å². The molecule has 2 aromatic rings. The summed E-state index contributed by atoms with van der Waals surface area (Å²) in [4.78, 5) is 0. The van der Waals surface area contributed by atoms with Gasteiger partial charge in [0, 0.05) is 0 Å². The van der Waals surface area contributed by atoms with Crippen LogP contribution in [-0.4, -0.2) is 14.8 Å². The quantitative estimate of drug-likeness (QED) is 0.776. The van der Waals surface area contributed by atoms with Gasteiger partial charge in [-0.15, -0.1) is 0 Å². The number of nitrogens with one attached hydrogen (secondary N) is 1. The van der Waals surface area contributed by atoms with Crippen molar-refractivity contribution in [1.29, 1.82) is 0 Å². The molecule has 0 spiro atoms. The summed E-state index contributed by atoms with van der Waals surface area (Å²) in [5.41, 5.74) is 1.98. The number of hydrogen-bond acceptors (Lipinski definition) is 2. The molecule has 0 fully saturated rings. The zero-order valence-corrected chi connectivity index (χ0v) is 9.99. The van der Waals surface area contributed by atoms with Gasteiger partial charge < -0.3 is 0 Å². The molecule has 2 rings (SSSR count). The number of aromatic amines is 1. The van der Waals surface area contributed by atoms with Gasteiger partial charge >= 0.3 is 0 Å². The van der Waals surface area contributed by atoms with Gasteiger partial charge in [0.1, 0.15) is 5.82 Å². The highest BCUT2D eigenvalue weighted by atomic mass is 35.5. The molecule has 1 aromatic heterocycles. The molecule has 0 aliphatic heterocycles. The zero-order chi connectivity index (χ0) is 11.0. The van der Waals surface area contributed by atoms with Crippen LogP contribution in [0.5, 0.6) is 0 Å². The molecule has 15 heavy (non-hydrogen) atoms. The molecule has 0 bridgehead atoms. The molecule has 1 aromatic carbocycles. The summed E-state index contributed by atoms with van der Waals surface area (Å²) in [6, 6.07) is 5.84. The Labute approximate surface area is 97.7 Å². The summed E-state index contributed by atoms with van der Waals surface area (Å²) in [6.45, 7) is 3.87. The van der Waals surface area contributed by atoms with Crippen molar-refractivity contribution in [3.8, 4) is 5.69 Å². The summed E-state index contributed by atoms with van der Waals surface area (Å²) in [5.74, 6) is 0.797. The van der Waals surface area contributed by atoms with Gasteiger partial charge in [-0.25, -0.2) is 0 Å². The summed E-state index contributed by atoms with van der Waals surface area (Å²) in [5, 5.41) is 7.45. The van der Waals surface area contributed by atoms with Crippen molar-refractivity contribution in [2.45, 2.75) is 13.8 Å². The van der Waals surface area contributed by atoms with Crippen LogP contribution in [0.25, 0.3) is 5.69 Å². The maximum absolute atomic E-state index is 6.16. The Morgan fingerprint density at radius 1 is 1.40 bits per heavy atom. The Balaban J connectivity index is 2.69. The van der Waals surface area contributed by atoms with Gasteiger partial charge in [-0.05, 0) is 43.8 Å². The summed E-state index contributed by atoms with van der Waals surface area (Å²) in [6.07, 6.45) is 0. The maximum Gasteiger partial charge on any atom is 0.199 e. The van der Waals surface area contributed by atoms with E-state index in [9.17, 15) is 0 Å². The minimum absolute atomic E-state index is 0.554. The summed E-state index contributed by atoms with van der Waals surface area (Å²) >= 11 is 11.3. The molecule has 78 valence electrons. The van der Waals surface area contributed by atoms with Gasteiger partial charge in [-0.2, -0.15) is 5.10 Å². The fraction of sp³-hybridized carbons (Fsp3) is 0.200. The van der Waals surface area contributed by atoms with Crippen LogP contribution in [0.1, 0.15) is 11.4 Å². The molecule has 1 N–H and O–H groups in total. The fourth-order valence-corrected chi connectivity index (χ4v) is 2.05. The number of rotatable bonds is 1. The van der Waals surface area contributed by atoms with Crippen LogP contribution in [0, 0.1) is 18.6 Å². The van der Waals surface area contributed by atoms with Crippen LogP contribution in [0.2, 0.25) is 5.02 Å². The van der Waals surface area contributed by atoms with E-state index in [4.69, 9.17) is 23.8 Å². The van der Waals surface area contributed by atoms with Crippen LogP contribution in [0.3, 0.4) is 0 Å². The van der Waals surface area contributed by atoms with Gasteiger partial charge in [0.2, 0.25) is 0 Å². The lowest BCUT2D eigenvalue weighted by Gasteiger charge is -2.06. The van der Waals surface area contributed by atoms with Gasteiger partial charge in [0.15, 0.2) is 4.77 Å². The molecule has 0 amide bonds. The van der Waals surface area contributed by atoms with Crippen LogP contribution < -0.4 is 0 Å². The fourth-order valence-electron chi connectivity index (χ4n) is 1.45. The van der Waals surface area contributed by atoms with Crippen molar-refractivity contribution in [3.63, 3.8) is 0 Å². The molecular weight excluding hydrogens is 230 g/mol. The second kappa shape index (κ2) is 3.79. The highest BCUT2D eigenvalue weighted by Gasteiger charge is 2.07. The van der Waals surface area contributed by atoms with Crippen molar-refractivity contribution in [1.82, 2.24) is 14.8 Å². The minimum Gasteiger partial charge on any atom is -0.271 e. The lowest BCUT2D eigenvalue weighted by atomic mass is 10.2. The van der Waals surface area contributed by atoms with Gasteiger partial charge in [0.05, 0.1) is 10.7 Å². The number of H-pyrrole nitrogens is 1. The van der Waals surface area contributed by atoms with Gasteiger partial charge in [-0.1, -0.05) is 17.7 Å². The minimum atomic E-state index is 0.554. The SMILES string of the molecule is Cc1ccc(-n2c(C)n[nH]c2=S)c(Cl)c1. The number of hydrogen-bond donors (Lipinski definition) is 1. The molecule has 0 radical (unpaired) electrons. The van der Waals surface area contributed by atoms with E-state index in [1.54, 1.807) is 0 Å². The van der Waals surface area contributed by atoms with E-state index in [0.717, 1.165) is 17.1 Å². The predicted octanol–water partition coefficient (Wildman–Crippen LogP) is 3.20. The smallest absolute Gasteiger partial charge is 0.199 e. The predicted molar refractivity (Wildman–Crippen MR) is 63.2 cm³/mol. The second-order valence-electron chi connectivity index (χ2n) is 3.37. The number of halogens is 1. The molecule has 0 aliphatic carbocycles. The first kappa shape index (κ1) is 10.4. The molecule has 0 saturated carbocycles. The Morgan fingerprint density at radius 3 is 2.67 bits per heavy atom. The standard InChI is InChI=1S/C10H10ClN3S/c1-6-3-4-9(8(11)5-6)14-7(2)12-13-10(14)15/h3-5H,1-2H3,(H,13,15). The number of aromatic nitrogens is 3. The third kappa shape index (κ3) is 1.82. The maximum atomic E-state index is 6.16. The van der Waals surface area contributed by atoms with E-state index < -0.39 is 0 Å². The average molecular weight is 240 g/mol. The topological polar surface area (TPSA) is 33.6 Å². The highest BCUT2D eigenvalue weighted by Crippen LogP contribution is 2.22. The normalized spacial score (nSPS) is 10.6. The van der Waals surface area contributed by atoms with Crippen LogP contribution in [0.15, 0.2) is 18.2 Å². The Bertz CT molecular complexity index is 556. The van der Waals surface area contributed by atoms with Crippen LogP contribution in [-0.2, 0) is 0 Å². The second-order valence-corrected chi connectivity index (χ2v) is 4.16. The van der Waals surface area contributed by atoms with E-state index in [2.05, 4.69) is 10.2 Å². The van der Waals surface area contributed by atoms with Crippen LogP contribution >= 0.6 is 23.8 Å². The lowest BCUT2D eigenvalue weighted by Crippen LogP contribution is -1.98. The van der Waals surface area contributed by atoms with E-state index in [-0.39, 0.29) is 0 Å². The molecule has 1 heterocycles. The molecule has 0 unspecified atom stereocenters. The first-order valence-electron chi connectivity index (χ1n) is 4.50. The van der Waals surface area contributed by atoms with E-state index in [0.29, 0.717) is 9.79 Å². The summed E-state index contributed by atoms with van der Waals surface area (Å²) in [7, 11) is 0. The van der Waals surface area contributed by atoms with Crippen molar-refractivity contribution in [2.75, 3.05) is 0 Å². The Hall–Kier alpha value is -1.13. The summed E-state index contributed by atoms with van der Waals surface area (Å²) < 4.78 is 2.37. The average Bonchev–Trinajstić information content (AvgIpc) is 2.48. The van der Waals surface area contributed by atoms with Crippen molar-refractivity contribution >= 4 is 23.8 Å². The lowest BCUT2D eigenvalue weighted by molar-refractivity contribution is 0.963. The number of nitrogens with zero attached hydrogens (tertiary/aromatic N) is 2. The number of aryl methyl sites for hydroxylation is 2.